The van der Waals surface area contributed by atoms with Crippen LogP contribution in [-0.2, 0) is 6.54 Å². The normalized spacial score (nSPS) is 10.8. The van der Waals surface area contributed by atoms with Crippen LogP contribution in [0, 0.1) is 6.92 Å². The van der Waals surface area contributed by atoms with Gasteiger partial charge in [0.2, 0.25) is 5.88 Å². The van der Waals surface area contributed by atoms with Gasteiger partial charge < -0.3 is 10.1 Å². The zero-order chi connectivity index (χ0) is 14.5. The molecule has 0 spiro atoms. The second-order valence-corrected chi connectivity index (χ2v) is 5.25. The van der Waals surface area contributed by atoms with Crippen LogP contribution in [0.1, 0.15) is 36.6 Å². The van der Waals surface area contributed by atoms with Crippen molar-refractivity contribution in [2.45, 2.75) is 33.2 Å². The fraction of sp³-hybridized carbons (Fsp3) is 0.353. The van der Waals surface area contributed by atoms with Crippen molar-refractivity contribution in [1.82, 2.24) is 10.3 Å². The van der Waals surface area contributed by atoms with Crippen LogP contribution in [0.5, 0.6) is 11.6 Å². The molecule has 0 fully saturated rings. The number of nitrogens with zero attached hydrogens (tertiary/aromatic N) is 1. The predicted octanol–water partition coefficient (Wildman–Crippen LogP) is 4.03. The standard InChI is InChI=1S/C17H22N2O/c1-12(2)14-5-8-16(9-6-14)20-17-10-7-15(11-18-4)13(3)19-17/h5-10,12,18H,11H2,1-4H3. The van der Waals surface area contributed by atoms with E-state index >= 15 is 0 Å². The summed E-state index contributed by atoms with van der Waals surface area (Å²) in [7, 11) is 1.93. The average molecular weight is 270 g/mol. The highest BCUT2D eigenvalue weighted by molar-refractivity contribution is 5.33. The number of hydrogen-bond acceptors (Lipinski definition) is 3. The van der Waals surface area contributed by atoms with Gasteiger partial charge in [0.1, 0.15) is 5.75 Å². The second-order valence-electron chi connectivity index (χ2n) is 5.25. The van der Waals surface area contributed by atoms with Gasteiger partial charge in [-0.2, -0.15) is 0 Å². The minimum atomic E-state index is 0.533. The van der Waals surface area contributed by atoms with E-state index in [1.807, 2.05) is 32.2 Å². The van der Waals surface area contributed by atoms with E-state index in [9.17, 15) is 0 Å². The molecule has 106 valence electrons. The van der Waals surface area contributed by atoms with Gasteiger partial charge in [0.25, 0.3) is 0 Å². The van der Waals surface area contributed by atoms with Gasteiger partial charge in [-0.15, -0.1) is 0 Å². The zero-order valence-electron chi connectivity index (χ0n) is 12.6. The maximum absolute atomic E-state index is 5.80. The smallest absolute Gasteiger partial charge is 0.219 e. The predicted molar refractivity (Wildman–Crippen MR) is 82.3 cm³/mol. The number of rotatable bonds is 5. The van der Waals surface area contributed by atoms with Crippen LogP contribution < -0.4 is 10.1 Å². The molecule has 0 bridgehead atoms. The van der Waals surface area contributed by atoms with Crippen LogP contribution in [0.3, 0.4) is 0 Å². The van der Waals surface area contributed by atoms with Crippen molar-refractivity contribution in [3.05, 3.63) is 53.2 Å². The lowest BCUT2D eigenvalue weighted by Gasteiger charge is -2.10. The third-order valence-electron chi connectivity index (χ3n) is 3.31. The van der Waals surface area contributed by atoms with Gasteiger partial charge in [-0.3, -0.25) is 0 Å². The number of aromatic nitrogens is 1. The highest BCUT2D eigenvalue weighted by Gasteiger charge is 2.04. The Balaban J connectivity index is 2.11. The summed E-state index contributed by atoms with van der Waals surface area (Å²) < 4.78 is 5.80. The van der Waals surface area contributed by atoms with Crippen molar-refractivity contribution in [3.8, 4) is 11.6 Å². The Kier molecular flexibility index (Phi) is 4.74. The lowest BCUT2D eigenvalue weighted by atomic mass is 10.0. The van der Waals surface area contributed by atoms with Gasteiger partial charge in [-0.25, -0.2) is 4.98 Å². The Hall–Kier alpha value is -1.87. The number of hydrogen-bond donors (Lipinski definition) is 1. The maximum Gasteiger partial charge on any atom is 0.219 e. The van der Waals surface area contributed by atoms with Crippen LogP contribution in [0.4, 0.5) is 0 Å². The number of ether oxygens (including phenoxy) is 1. The van der Waals surface area contributed by atoms with Crippen LogP contribution in [-0.4, -0.2) is 12.0 Å². The van der Waals surface area contributed by atoms with Crippen molar-refractivity contribution < 1.29 is 4.74 Å². The van der Waals surface area contributed by atoms with Crippen molar-refractivity contribution in [2.24, 2.45) is 0 Å². The van der Waals surface area contributed by atoms with Crippen molar-refractivity contribution in [3.63, 3.8) is 0 Å². The average Bonchev–Trinajstić information content (AvgIpc) is 2.42. The second kappa shape index (κ2) is 6.53. The summed E-state index contributed by atoms with van der Waals surface area (Å²) in [6.45, 7) is 7.19. The number of aryl methyl sites for hydroxylation is 1. The summed E-state index contributed by atoms with van der Waals surface area (Å²) in [4.78, 5) is 4.48. The van der Waals surface area contributed by atoms with Gasteiger partial charge in [-0.05, 0) is 43.1 Å². The van der Waals surface area contributed by atoms with E-state index in [-0.39, 0.29) is 0 Å². The lowest BCUT2D eigenvalue weighted by Crippen LogP contribution is -2.07. The van der Waals surface area contributed by atoms with Gasteiger partial charge in [-0.1, -0.05) is 32.0 Å². The molecule has 1 N–H and O–H groups in total. The van der Waals surface area contributed by atoms with E-state index in [4.69, 9.17) is 4.74 Å². The quantitative estimate of drug-likeness (QED) is 0.891. The minimum absolute atomic E-state index is 0.533. The van der Waals surface area contributed by atoms with Crippen molar-refractivity contribution >= 4 is 0 Å². The van der Waals surface area contributed by atoms with Gasteiger partial charge in [0.05, 0.1) is 0 Å². The zero-order valence-corrected chi connectivity index (χ0v) is 12.6. The molecule has 20 heavy (non-hydrogen) atoms. The Morgan fingerprint density at radius 2 is 1.80 bits per heavy atom. The molecule has 0 radical (unpaired) electrons. The first kappa shape index (κ1) is 14.5. The minimum Gasteiger partial charge on any atom is -0.439 e. The van der Waals surface area contributed by atoms with Gasteiger partial charge >= 0.3 is 0 Å². The first-order valence-electron chi connectivity index (χ1n) is 6.99. The summed E-state index contributed by atoms with van der Waals surface area (Å²) in [5.74, 6) is 1.99. The third-order valence-corrected chi connectivity index (χ3v) is 3.31. The molecule has 0 saturated carbocycles. The molecular formula is C17H22N2O. The highest BCUT2D eigenvalue weighted by Crippen LogP contribution is 2.23. The molecule has 0 amide bonds. The van der Waals surface area contributed by atoms with Crippen LogP contribution >= 0.6 is 0 Å². The summed E-state index contributed by atoms with van der Waals surface area (Å²) in [6, 6.07) is 12.2. The number of benzene rings is 1. The molecule has 0 saturated heterocycles. The Morgan fingerprint density at radius 1 is 1.10 bits per heavy atom. The Morgan fingerprint density at radius 3 is 2.35 bits per heavy atom. The van der Waals surface area contributed by atoms with E-state index in [1.165, 1.54) is 11.1 Å². The molecule has 0 aliphatic rings. The summed E-state index contributed by atoms with van der Waals surface area (Å²) in [5.41, 5.74) is 3.50. The maximum atomic E-state index is 5.80. The van der Waals surface area contributed by atoms with E-state index < -0.39 is 0 Å². The van der Waals surface area contributed by atoms with Gasteiger partial charge in [0, 0.05) is 18.3 Å². The molecule has 3 heteroatoms. The molecule has 0 unspecified atom stereocenters. The largest absolute Gasteiger partial charge is 0.439 e. The SMILES string of the molecule is CNCc1ccc(Oc2ccc(C(C)C)cc2)nc1C. The van der Waals surface area contributed by atoms with E-state index in [0.717, 1.165) is 18.0 Å². The monoisotopic (exact) mass is 270 g/mol. The Bertz CT molecular complexity index is 562. The van der Waals surface area contributed by atoms with Crippen molar-refractivity contribution in [2.75, 3.05) is 7.05 Å². The fourth-order valence-corrected chi connectivity index (χ4v) is 2.04. The summed E-state index contributed by atoms with van der Waals surface area (Å²) >= 11 is 0. The first-order chi connectivity index (χ1) is 9.60. The number of nitrogens with one attached hydrogen (secondary N) is 1. The van der Waals surface area contributed by atoms with E-state index in [0.29, 0.717) is 11.8 Å². The van der Waals surface area contributed by atoms with Crippen LogP contribution in [0.15, 0.2) is 36.4 Å². The molecule has 0 aliphatic heterocycles. The van der Waals surface area contributed by atoms with Gasteiger partial charge in [0.15, 0.2) is 0 Å². The lowest BCUT2D eigenvalue weighted by molar-refractivity contribution is 0.460. The molecular weight excluding hydrogens is 248 g/mol. The highest BCUT2D eigenvalue weighted by atomic mass is 16.5. The number of pyridine rings is 1. The van der Waals surface area contributed by atoms with Crippen LogP contribution in [0.2, 0.25) is 0 Å². The Labute approximate surface area is 121 Å². The molecule has 2 rings (SSSR count). The summed E-state index contributed by atoms with van der Waals surface area (Å²) in [5, 5.41) is 3.13. The fourth-order valence-electron chi connectivity index (χ4n) is 2.04. The van der Waals surface area contributed by atoms with Crippen molar-refractivity contribution in [1.29, 1.82) is 0 Å². The molecule has 3 nitrogen and oxygen atoms in total. The topological polar surface area (TPSA) is 34.1 Å². The molecule has 1 heterocycles. The summed E-state index contributed by atoms with van der Waals surface area (Å²) in [6.07, 6.45) is 0. The molecule has 1 aromatic carbocycles. The molecule has 2 aromatic rings. The molecule has 0 atom stereocenters. The first-order valence-corrected chi connectivity index (χ1v) is 6.99. The molecule has 1 aromatic heterocycles. The van der Waals surface area contributed by atoms with Crippen LogP contribution in [0.25, 0.3) is 0 Å². The van der Waals surface area contributed by atoms with E-state index in [2.05, 4.69) is 42.3 Å². The van der Waals surface area contributed by atoms with E-state index in [1.54, 1.807) is 0 Å². The molecule has 0 aliphatic carbocycles. The third kappa shape index (κ3) is 3.58.